The summed E-state index contributed by atoms with van der Waals surface area (Å²) in [6.45, 7) is 7.33. The predicted octanol–water partition coefficient (Wildman–Crippen LogP) is 3.99. The average molecular weight is 310 g/mol. The van der Waals surface area contributed by atoms with Crippen molar-refractivity contribution in [3.05, 3.63) is 10.9 Å². The van der Waals surface area contributed by atoms with Crippen molar-refractivity contribution in [2.75, 3.05) is 29.2 Å². The molecule has 0 saturated carbocycles. The van der Waals surface area contributed by atoms with Gasteiger partial charge >= 0.3 is 0 Å². The number of nitrogens with one attached hydrogen (secondary N) is 2. The fourth-order valence-corrected chi connectivity index (χ4v) is 3.46. The number of nitrogens with zero attached hydrogens (tertiary/aromatic N) is 2. The van der Waals surface area contributed by atoms with Crippen molar-refractivity contribution in [1.29, 1.82) is 0 Å². The lowest BCUT2D eigenvalue weighted by Crippen LogP contribution is -2.19. The number of anilines is 2. The third-order valence-electron chi connectivity index (χ3n) is 2.85. The Bertz CT molecular complexity index is 568. The molecule has 110 valence electrons. The molecule has 2 heterocycles. The predicted molar refractivity (Wildman–Crippen MR) is 92.4 cm³/mol. The number of thiophene rings is 1. The van der Waals surface area contributed by atoms with Gasteiger partial charge in [-0.3, -0.25) is 0 Å². The molecule has 0 radical (unpaired) electrons. The van der Waals surface area contributed by atoms with Crippen molar-refractivity contribution in [2.45, 2.75) is 33.2 Å². The van der Waals surface area contributed by atoms with Crippen LogP contribution in [0.5, 0.6) is 0 Å². The summed E-state index contributed by atoms with van der Waals surface area (Å²) in [4.78, 5) is 11.6. The van der Waals surface area contributed by atoms with Crippen molar-refractivity contribution in [1.82, 2.24) is 9.97 Å². The van der Waals surface area contributed by atoms with Gasteiger partial charge in [0, 0.05) is 23.2 Å². The maximum absolute atomic E-state index is 4.64. The van der Waals surface area contributed by atoms with Gasteiger partial charge in [0.15, 0.2) is 0 Å². The smallest absolute Gasteiger partial charge is 0.226 e. The first kappa shape index (κ1) is 15.4. The Balaban J connectivity index is 2.33. The highest BCUT2D eigenvalue weighted by Gasteiger charge is 2.12. The third-order valence-corrected chi connectivity index (χ3v) is 4.63. The number of hydrogen-bond donors (Lipinski definition) is 2. The minimum Gasteiger partial charge on any atom is -0.366 e. The monoisotopic (exact) mass is 310 g/mol. The fourth-order valence-electron chi connectivity index (χ4n) is 1.99. The van der Waals surface area contributed by atoms with Crippen LogP contribution in [-0.2, 0) is 0 Å². The molecule has 1 atom stereocenters. The molecule has 6 heteroatoms. The van der Waals surface area contributed by atoms with E-state index in [9.17, 15) is 0 Å². The lowest BCUT2D eigenvalue weighted by atomic mass is 10.3. The molecule has 4 nitrogen and oxygen atoms in total. The highest BCUT2D eigenvalue weighted by molar-refractivity contribution is 7.98. The average Bonchev–Trinajstić information content (AvgIpc) is 2.77. The molecule has 2 aromatic heterocycles. The summed E-state index contributed by atoms with van der Waals surface area (Å²) in [6.07, 6.45) is 3.19. The summed E-state index contributed by atoms with van der Waals surface area (Å²) in [6, 6.07) is 2.56. The van der Waals surface area contributed by atoms with Crippen LogP contribution in [0.4, 0.5) is 11.8 Å². The normalized spacial score (nSPS) is 12.6. The van der Waals surface area contributed by atoms with Gasteiger partial charge in [-0.25, -0.2) is 4.98 Å². The van der Waals surface area contributed by atoms with Crippen LogP contribution in [0, 0.1) is 6.92 Å². The number of aromatic nitrogens is 2. The first-order valence-corrected chi connectivity index (χ1v) is 9.12. The number of fused-ring (bicyclic) bond motifs is 1. The second kappa shape index (κ2) is 7.13. The van der Waals surface area contributed by atoms with Crippen molar-refractivity contribution < 1.29 is 0 Å². The maximum atomic E-state index is 4.64. The summed E-state index contributed by atoms with van der Waals surface area (Å²) in [7, 11) is 0. The Morgan fingerprint density at radius 2 is 2.20 bits per heavy atom. The van der Waals surface area contributed by atoms with Crippen LogP contribution in [0.15, 0.2) is 6.07 Å². The van der Waals surface area contributed by atoms with Crippen LogP contribution >= 0.6 is 23.1 Å². The van der Waals surface area contributed by atoms with E-state index in [1.54, 1.807) is 11.3 Å². The van der Waals surface area contributed by atoms with Crippen LogP contribution in [0.3, 0.4) is 0 Å². The van der Waals surface area contributed by atoms with E-state index in [-0.39, 0.29) is 0 Å². The molecular weight excluding hydrogens is 288 g/mol. The van der Waals surface area contributed by atoms with Crippen LogP contribution in [0.1, 0.15) is 25.1 Å². The van der Waals surface area contributed by atoms with Gasteiger partial charge in [-0.1, -0.05) is 6.92 Å². The number of aryl methyl sites for hydroxylation is 1. The second-order valence-electron chi connectivity index (χ2n) is 4.90. The van der Waals surface area contributed by atoms with E-state index in [1.807, 2.05) is 11.8 Å². The Morgan fingerprint density at radius 3 is 2.90 bits per heavy atom. The summed E-state index contributed by atoms with van der Waals surface area (Å²) in [5.41, 5.74) is 0. The van der Waals surface area contributed by atoms with Crippen LogP contribution in [0.2, 0.25) is 0 Å². The maximum Gasteiger partial charge on any atom is 0.226 e. The first-order valence-electron chi connectivity index (χ1n) is 6.91. The molecule has 0 fully saturated rings. The van der Waals surface area contributed by atoms with Gasteiger partial charge in [-0.15, -0.1) is 11.3 Å². The summed E-state index contributed by atoms with van der Waals surface area (Å²) < 4.78 is 0. The van der Waals surface area contributed by atoms with Gasteiger partial charge in [0.2, 0.25) is 5.95 Å². The Kier molecular flexibility index (Phi) is 5.48. The van der Waals surface area contributed by atoms with E-state index < -0.39 is 0 Å². The molecular formula is C14H22N4S2. The Labute approximate surface area is 128 Å². The number of rotatable bonds is 7. The van der Waals surface area contributed by atoms with Crippen molar-refractivity contribution in [2.24, 2.45) is 0 Å². The summed E-state index contributed by atoms with van der Waals surface area (Å²) >= 11 is 3.56. The summed E-state index contributed by atoms with van der Waals surface area (Å²) in [5, 5.41) is 7.92. The SMILES string of the molecule is CCCNc1nc(NC(C)CSC)c2cc(C)sc2n1. The lowest BCUT2D eigenvalue weighted by molar-refractivity contribution is 0.901. The van der Waals surface area contributed by atoms with Gasteiger partial charge in [-0.2, -0.15) is 16.7 Å². The van der Waals surface area contributed by atoms with E-state index in [4.69, 9.17) is 0 Å². The zero-order valence-corrected chi connectivity index (χ0v) is 14.1. The largest absolute Gasteiger partial charge is 0.366 e. The van der Waals surface area contributed by atoms with Crippen molar-refractivity contribution in [3.8, 4) is 0 Å². The molecule has 0 spiro atoms. The van der Waals surface area contributed by atoms with E-state index in [0.29, 0.717) is 6.04 Å². The third kappa shape index (κ3) is 3.76. The first-order chi connectivity index (χ1) is 9.63. The lowest BCUT2D eigenvalue weighted by Gasteiger charge is -2.15. The summed E-state index contributed by atoms with van der Waals surface area (Å²) in [5.74, 6) is 2.73. The standard InChI is InChI=1S/C14H22N4S2/c1-5-6-15-14-17-12(16-9(2)8-19-4)11-7-10(3)20-13(11)18-14/h7,9H,5-6,8H2,1-4H3,(H2,15,16,17,18). The molecule has 2 rings (SSSR count). The van der Waals surface area contributed by atoms with Gasteiger partial charge in [-0.05, 0) is 32.6 Å². The molecule has 0 aromatic carbocycles. The van der Waals surface area contributed by atoms with Gasteiger partial charge in [0.1, 0.15) is 10.6 Å². The molecule has 20 heavy (non-hydrogen) atoms. The highest BCUT2D eigenvalue weighted by atomic mass is 32.2. The van der Waals surface area contributed by atoms with Crippen molar-refractivity contribution in [3.63, 3.8) is 0 Å². The van der Waals surface area contributed by atoms with Crippen molar-refractivity contribution >= 4 is 45.1 Å². The van der Waals surface area contributed by atoms with Gasteiger partial charge < -0.3 is 10.6 Å². The van der Waals surface area contributed by atoms with E-state index >= 15 is 0 Å². The molecule has 1 unspecified atom stereocenters. The zero-order chi connectivity index (χ0) is 14.5. The zero-order valence-electron chi connectivity index (χ0n) is 12.5. The number of thioether (sulfide) groups is 1. The Morgan fingerprint density at radius 1 is 1.40 bits per heavy atom. The molecule has 0 aliphatic heterocycles. The molecule has 0 amide bonds. The topological polar surface area (TPSA) is 49.8 Å². The van der Waals surface area contributed by atoms with E-state index in [2.05, 4.69) is 53.7 Å². The quantitative estimate of drug-likeness (QED) is 0.810. The molecule has 0 aliphatic rings. The molecule has 2 N–H and O–H groups in total. The fraction of sp³-hybridized carbons (Fsp3) is 0.571. The van der Waals surface area contributed by atoms with E-state index in [1.165, 1.54) is 4.88 Å². The molecule has 0 bridgehead atoms. The van der Waals surface area contributed by atoms with Crippen LogP contribution < -0.4 is 10.6 Å². The Hall–Kier alpha value is -1.01. The van der Waals surface area contributed by atoms with Gasteiger partial charge in [0.05, 0.1) is 5.39 Å². The van der Waals surface area contributed by atoms with E-state index in [0.717, 1.165) is 40.7 Å². The minimum absolute atomic E-state index is 0.391. The highest BCUT2D eigenvalue weighted by Crippen LogP contribution is 2.30. The minimum atomic E-state index is 0.391. The van der Waals surface area contributed by atoms with Gasteiger partial charge in [0.25, 0.3) is 0 Å². The molecule has 0 aliphatic carbocycles. The molecule has 2 aromatic rings. The van der Waals surface area contributed by atoms with Crippen LogP contribution in [-0.4, -0.2) is 34.6 Å². The number of hydrogen-bond acceptors (Lipinski definition) is 6. The van der Waals surface area contributed by atoms with Crippen LogP contribution in [0.25, 0.3) is 10.2 Å². The molecule has 0 saturated heterocycles. The second-order valence-corrected chi connectivity index (χ2v) is 7.04.